The van der Waals surface area contributed by atoms with Crippen LogP contribution in [0.5, 0.6) is 0 Å². The topological polar surface area (TPSA) is 129 Å². The van der Waals surface area contributed by atoms with Crippen molar-refractivity contribution in [3.63, 3.8) is 0 Å². The molecule has 0 spiro atoms. The number of aliphatic hydroxyl groups is 1. The zero-order chi connectivity index (χ0) is 17.1. The van der Waals surface area contributed by atoms with Crippen molar-refractivity contribution in [1.82, 2.24) is 15.2 Å². The molecular weight excluding hydrogens is 312 g/mol. The number of aromatic amines is 1. The molecule has 3 aromatic rings. The van der Waals surface area contributed by atoms with Crippen LogP contribution in [0.3, 0.4) is 0 Å². The summed E-state index contributed by atoms with van der Waals surface area (Å²) in [7, 11) is 0. The van der Waals surface area contributed by atoms with Gasteiger partial charge in [0.25, 0.3) is 0 Å². The van der Waals surface area contributed by atoms with E-state index in [1.165, 1.54) is 12.1 Å². The van der Waals surface area contributed by atoms with Gasteiger partial charge in [-0.15, -0.1) is 0 Å². The first-order valence-corrected chi connectivity index (χ1v) is 7.30. The van der Waals surface area contributed by atoms with Gasteiger partial charge in [0, 0.05) is 23.7 Å². The fraction of sp³-hybridized carbons (Fsp3) is 0.200. The Morgan fingerprint density at radius 3 is 2.96 bits per heavy atom. The van der Waals surface area contributed by atoms with E-state index in [1.807, 2.05) is 12.1 Å². The number of aromatic nitrogens is 3. The molecule has 9 heteroatoms. The molecule has 0 aliphatic heterocycles. The first kappa shape index (κ1) is 15.7. The summed E-state index contributed by atoms with van der Waals surface area (Å²) in [6, 6.07) is 8.30. The van der Waals surface area contributed by atoms with E-state index in [-0.39, 0.29) is 11.5 Å². The highest BCUT2D eigenvalue weighted by Gasteiger charge is 2.16. The quantitative estimate of drug-likeness (QED) is 0.404. The van der Waals surface area contributed by atoms with Gasteiger partial charge in [0.1, 0.15) is 5.82 Å². The van der Waals surface area contributed by atoms with Gasteiger partial charge in [-0.25, -0.2) is 4.98 Å². The summed E-state index contributed by atoms with van der Waals surface area (Å²) in [5, 5.41) is 34.1. The number of benzene rings is 1. The zero-order valence-corrected chi connectivity index (χ0v) is 12.9. The molecule has 2 aromatic heterocycles. The maximum atomic E-state index is 11.2. The third-order valence-electron chi connectivity index (χ3n) is 3.35. The number of H-pyrrole nitrogens is 1. The van der Waals surface area contributed by atoms with Crippen LogP contribution in [-0.2, 0) is 0 Å². The number of aliphatic hydroxyl groups excluding tert-OH is 1. The Hall–Kier alpha value is -3.20. The maximum Gasteiger partial charge on any atom is 0.311 e. The number of nitrogens with one attached hydrogen (secondary N) is 3. The largest absolute Gasteiger partial charge is 0.392 e. The predicted molar refractivity (Wildman–Crippen MR) is 90.4 cm³/mol. The summed E-state index contributed by atoms with van der Waals surface area (Å²) in [6.07, 6.45) is 1.12. The van der Waals surface area contributed by atoms with Crippen molar-refractivity contribution in [2.75, 3.05) is 17.2 Å². The SMILES string of the molecule is CC(O)CNc1ccc([N+](=O)[O-])c(Nc2ccc3[nH]ncc3c2)n1. The van der Waals surface area contributed by atoms with Gasteiger partial charge in [0.05, 0.1) is 22.7 Å². The van der Waals surface area contributed by atoms with Crippen molar-refractivity contribution in [2.45, 2.75) is 13.0 Å². The summed E-state index contributed by atoms with van der Waals surface area (Å²) in [5.41, 5.74) is 1.40. The average Bonchev–Trinajstić information content (AvgIpc) is 3.00. The summed E-state index contributed by atoms with van der Waals surface area (Å²) < 4.78 is 0. The molecule has 0 saturated carbocycles. The normalized spacial score (nSPS) is 12.1. The molecule has 9 nitrogen and oxygen atoms in total. The van der Waals surface area contributed by atoms with Crippen LogP contribution >= 0.6 is 0 Å². The van der Waals surface area contributed by atoms with Crippen molar-refractivity contribution in [2.24, 2.45) is 0 Å². The molecule has 0 aliphatic rings. The Morgan fingerprint density at radius 2 is 2.21 bits per heavy atom. The lowest BCUT2D eigenvalue weighted by molar-refractivity contribution is -0.384. The lowest BCUT2D eigenvalue weighted by atomic mass is 10.2. The minimum absolute atomic E-state index is 0.124. The minimum atomic E-state index is -0.554. The van der Waals surface area contributed by atoms with Crippen LogP contribution in [0.25, 0.3) is 10.9 Å². The van der Waals surface area contributed by atoms with Crippen LogP contribution in [0.4, 0.5) is 23.0 Å². The van der Waals surface area contributed by atoms with E-state index in [1.54, 1.807) is 19.2 Å². The van der Waals surface area contributed by atoms with Gasteiger partial charge >= 0.3 is 5.69 Å². The van der Waals surface area contributed by atoms with Crippen molar-refractivity contribution >= 4 is 33.9 Å². The van der Waals surface area contributed by atoms with Gasteiger partial charge in [-0.3, -0.25) is 15.2 Å². The maximum absolute atomic E-state index is 11.2. The fourth-order valence-electron chi connectivity index (χ4n) is 2.20. The third-order valence-corrected chi connectivity index (χ3v) is 3.35. The van der Waals surface area contributed by atoms with Crippen LogP contribution in [0.2, 0.25) is 0 Å². The van der Waals surface area contributed by atoms with Gasteiger partial charge in [0.15, 0.2) is 0 Å². The molecule has 1 aromatic carbocycles. The number of hydrogen-bond donors (Lipinski definition) is 4. The van der Waals surface area contributed by atoms with Gasteiger partial charge in [-0.2, -0.15) is 5.10 Å². The average molecular weight is 328 g/mol. The molecular formula is C15H16N6O3. The Bertz CT molecular complexity index is 877. The number of pyridine rings is 1. The minimum Gasteiger partial charge on any atom is -0.392 e. The monoisotopic (exact) mass is 328 g/mol. The number of anilines is 3. The highest BCUT2D eigenvalue weighted by atomic mass is 16.6. The second-order valence-electron chi connectivity index (χ2n) is 5.35. The molecule has 1 unspecified atom stereocenters. The molecule has 24 heavy (non-hydrogen) atoms. The predicted octanol–water partition coefficient (Wildman–Crippen LogP) is 2.40. The van der Waals surface area contributed by atoms with Crippen LogP contribution in [0.1, 0.15) is 6.92 Å². The lowest BCUT2D eigenvalue weighted by Gasteiger charge is -2.11. The smallest absolute Gasteiger partial charge is 0.311 e. The fourth-order valence-corrected chi connectivity index (χ4v) is 2.20. The van der Waals surface area contributed by atoms with E-state index in [0.29, 0.717) is 18.1 Å². The van der Waals surface area contributed by atoms with E-state index < -0.39 is 11.0 Å². The van der Waals surface area contributed by atoms with E-state index in [4.69, 9.17) is 0 Å². The molecule has 0 radical (unpaired) electrons. The number of fused-ring (bicyclic) bond motifs is 1. The molecule has 0 aliphatic carbocycles. The first-order valence-electron chi connectivity index (χ1n) is 7.30. The Labute approximate surface area is 136 Å². The molecule has 0 fully saturated rings. The summed E-state index contributed by atoms with van der Waals surface area (Å²) >= 11 is 0. The van der Waals surface area contributed by atoms with E-state index in [9.17, 15) is 15.2 Å². The zero-order valence-electron chi connectivity index (χ0n) is 12.9. The first-order chi connectivity index (χ1) is 11.5. The van der Waals surface area contributed by atoms with Gasteiger partial charge in [-0.1, -0.05) is 0 Å². The molecule has 4 N–H and O–H groups in total. The summed E-state index contributed by atoms with van der Waals surface area (Å²) in [5.74, 6) is 0.562. The van der Waals surface area contributed by atoms with Crippen LogP contribution in [0.15, 0.2) is 36.5 Å². The van der Waals surface area contributed by atoms with Crippen LogP contribution in [0, 0.1) is 10.1 Å². The second-order valence-corrected chi connectivity index (χ2v) is 5.35. The number of hydrogen-bond acceptors (Lipinski definition) is 7. The third kappa shape index (κ3) is 3.41. The highest BCUT2D eigenvalue weighted by Crippen LogP contribution is 2.28. The molecule has 3 rings (SSSR count). The number of rotatable bonds is 6. The molecule has 1 atom stereocenters. The van der Waals surface area contributed by atoms with E-state index in [2.05, 4.69) is 25.8 Å². The summed E-state index contributed by atoms with van der Waals surface area (Å²) in [6.45, 7) is 1.93. The Kier molecular flexibility index (Phi) is 4.25. The van der Waals surface area contributed by atoms with Crippen molar-refractivity contribution < 1.29 is 10.0 Å². The standard InChI is InChI=1S/C15H16N6O3/c1-9(22)7-16-14-5-4-13(21(23)24)15(19-14)18-11-2-3-12-10(6-11)8-17-20-12/h2-6,8-9,22H,7H2,1H3,(H,17,20)(H2,16,18,19). The van der Waals surface area contributed by atoms with E-state index >= 15 is 0 Å². The molecule has 124 valence electrons. The molecule has 0 bridgehead atoms. The van der Waals surface area contributed by atoms with Gasteiger partial charge in [0.2, 0.25) is 5.82 Å². The van der Waals surface area contributed by atoms with Crippen molar-refractivity contribution in [1.29, 1.82) is 0 Å². The lowest BCUT2D eigenvalue weighted by Crippen LogP contribution is -2.16. The van der Waals surface area contributed by atoms with Crippen molar-refractivity contribution in [3.05, 3.63) is 46.6 Å². The number of nitro groups is 1. The van der Waals surface area contributed by atoms with Gasteiger partial charge in [-0.05, 0) is 31.2 Å². The summed E-state index contributed by atoms with van der Waals surface area (Å²) in [4.78, 5) is 14.9. The highest BCUT2D eigenvalue weighted by molar-refractivity contribution is 5.83. The second kappa shape index (κ2) is 6.50. The van der Waals surface area contributed by atoms with Crippen molar-refractivity contribution in [3.8, 4) is 0 Å². The Morgan fingerprint density at radius 1 is 1.38 bits per heavy atom. The van der Waals surface area contributed by atoms with Gasteiger partial charge < -0.3 is 15.7 Å². The number of nitrogens with zero attached hydrogens (tertiary/aromatic N) is 3. The Balaban J connectivity index is 1.91. The molecule has 2 heterocycles. The molecule has 0 amide bonds. The van der Waals surface area contributed by atoms with E-state index in [0.717, 1.165) is 10.9 Å². The van der Waals surface area contributed by atoms with Crippen LogP contribution in [-0.4, -0.2) is 37.9 Å². The molecule has 0 saturated heterocycles. The van der Waals surface area contributed by atoms with Crippen LogP contribution < -0.4 is 10.6 Å².